The predicted octanol–water partition coefficient (Wildman–Crippen LogP) is 0.310. The Balaban J connectivity index is 3.15. The summed E-state index contributed by atoms with van der Waals surface area (Å²) in [5, 5.41) is 0. The molecule has 0 aromatic carbocycles. The van der Waals surface area contributed by atoms with Gasteiger partial charge in [0.15, 0.2) is 0 Å². The van der Waals surface area contributed by atoms with Crippen LogP contribution >= 0.6 is 0 Å². The molecule has 0 bridgehead atoms. The fraction of sp³-hybridized carbons (Fsp3) is 0.444. The summed E-state index contributed by atoms with van der Waals surface area (Å²) in [6.45, 7) is 1.77. The molecule has 0 atom stereocenters. The average molecular weight is 194 g/mol. The molecule has 0 saturated heterocycles. The summed E-state index contributed by atoms with van der Waals surface area (Å²) < 4.78 is 1.41. The zero-order chi connectivity index (χ0) is 10.7. The van der Waals surface area contributed by atoms with Gasteiger partial charge in [-0.25, -0.2) is 9.98 Å². The Kier molecular flexibility index (Phi) is 3.01. The molecule has 0 radical (unpaired) electrons. The van der Waals surface area contributed by atoms with Gasteiger partial charge < -0.3 is 4.90 Å². The maximum atomic E-state index is 11.3. The second-order valence-corrected chi connectivity index (χ2v) is 3.30. The molecule has 0 aliphatic carbocycles. The van der Waals surface area contributed by atoms with Crippen LogP contribution in [0, 0.1) is 6.92 Å². The minimum atomic E-state index is -0.0941. The monoisotopic (exact) mass is 194 g/mol. The van der Waals surface area contributed by atoms with Crippen molar-refractivity contribution in [1.82, 2.24) is 14.5 Å². The SMILES string of the molecule is Cc1cc(=O)n(C)c(N=CN(C)C)n1. The van der Waals surface area contributed by atoms with Crippen LogP contribution in [0.5, 0.6) is 0 Å². The number of hydrogen-bond donors (Lipinski definition) is 0. The van der Waals surface area contributed by atoms with Gasteiger partial charge in [0.2, 0.25) is 5.95 Å². The van der Waals surface area contributed by atoms with Gasteiger partial charge in [0.25, 0.3) is 5.56 Å². The lowest BCUT2D eigenvalue weighted by Crippen LogP contribution is -2.18. The largest absolute Gasteiger partial charge is 0.369 e. The highest BCUT2D eigenvalue weighted by Gasteiger charge is 2.00. The van der Waals surface area contributed by atoms with Crippen molar-refractivity contribution in [3.05, 3.63) is 22.1 Å². The summed E-state index contributed by atoms with van der Waals surface area (Å²) in [6.07, 6.45) is 1.61. The normalized spacial score (nSPS) is 10.9. The number of aryl methyl sites for hydroxylation is 1. The molecule has 0 spiro atoms. The third kappa shape index (κ3) is 2.42. The second kappa shape index (κ2) is 4.04. The van der Waals surface area contributed by atoms with Gasteiger partial charge in [-0.05, 0) is 6.92 Å². The van der Waals surface area contributed by atoms with Crippen LogP contribution in [0.15, 0.2) is 15.9 Å². The molecule has 1 heterocycles. The van der Waals surface area contributed by atoms with Crippen molar-refractivity contribution in [2.45, 2.75) is 6.92 Å². The van der Waals surface area contributed by atoms with Crippen molar-refractivity contribution in [2.75, 3.05) is 14.1 Å². The highest BCUT2D eigenvalue weighted by atomic mass is 16.1. The van der Waals surface area contributed by atoms with Crippen LogP contribution in [0.25, 0.3) is 0 Å². The highest BCUT2D eigenvalue weighted by Crippen LogP contribution is 2.02. The van der Waals surface area contributed by atoms with Crippen LogP contribution < -0.4 is 5.56 Å². The molecule has 1 aromatic rings. The van der Waals surface area contributed by atoms with Crippen molar-refractivity contribution >= 4 is 12.3 Å². The van der Waals surface area contributed by atoms with E-state index in [1.807, 2.05) is 14.1 Å². The summed E-state index contributed by atoms with van der Waals surface area (Å²) in [6, 6.07) is 1.48. The lowest BCUT2D eigenvalue weighted by molar-refractivity contribution is 0.641. The highest BCUT2D eigenvalue weighted by molar-refractivity contribution is 5.57. The van der Waals surface area contributed by atoms with E-state index in [1.54, 1.807) is 25.2 Å². The Morgan fingerprint density at radius 3 is 2.79 bits per heavy atom. The molecule has 14 heavy (non-hydrogen) atoms. The third-order valence-corrected chi connectivity index (χ3v) is 1.64. The number of nitrogens with zero attached hydrogens (tertiary/aromatic N) is 4. The fourth-order valence-electron chi connectivity index (χ4n) is 0.922. The topological polar surface area (TPSA) is 50.5 Å². The van der Waals surface area contributed by atoms with Crippen LogP contribution in [0.4, 0.5) is 5.95 Å². The van der Waals surface area contributed by atoms with Gasteiger partial charge in [0.05, 0.1) is 6.34 Å². The first-order chi connectivity index (χ1) is 6.50. The molecule has 5 heteroatoms. The maximum absolute atomic E-state index is 11.3. The van der Waals surface area contributed by atoms with Crippen LogP contribution in [0.1, 0.15) is 5.69 Å². The molecule has 5 nitrogen and oxygen atoms in total. The van der Waals surface area contributed by atoms with Gasteiger partial charge in [-0.15, -0.1) is 0 Å². The first kappa shape index (κ1) is 10.4. The third-order valence-electron chi connectivity index (χ3n) is 1.64. The summed E-state index contributed by atoms with van der Waals surface area (Å²) in [4.78, 5) is 21.4. The van der Waals surface area contributed by atoms with E-state index in [0.29, 0.717) is 11.6 Å². The molecule has 0 amide bonds. The summed E-state index contributed by atoms with van der Waals surface area (Å²) in [5.41, 5.74) is 0.586. The van der Waals surface area contributed by atoms with Gasteiger partial charge in [-0.1, -0.05) is 0 Å². The van der Waals surface area contributed by atoms with E-state index in [2.05, 4.69) is 9.98 Å². The lowest BCUT2D eigenvalue weighted by atomic mass is 10.4. The van der Waals surface area contributed by atoms with E-state index in [4.69, 9.17) is 0 Å². The van der Waals surface area contributed by atoms with Gasteiger partial charge in [0, 0.05) is 32.9 Å². The van der Waals surface area contributed by atoms with Crippen molar-refractivity contribution in [1.29, 1.82) is 0 Å². The molecule has 0 aliphatic heterocycles. The quantitative estimate of drug-likeness (QED) is 0.503. The Bertz CT molecular complexity index is 406. The van der Waals surface area contributed by atoms with E-state index in [9.17, 15) is 4.79 Å². The van der Waals surface area contributed by atoms with Crippen LogP contribution in [-0.2, 0) is 7.05 Å². The molecule has 76 valence electrons. The fourth-order valence-corrected chi connectivity index (χ4v) is 0.922. The van der Waals surface area contributed by atoms with Gasteiger partial charge in [-0.2, -0.15) is 0 Å². The molecule has 0 saturated carbocycles. The first-order valence-corrected chi connectivity index (χ1v) is 4.26. The minimum absolute atomic E-state index is 0.0941. The minimum Gasteiger partial charge on any atom is -0.369 e. The molecule has 0 aliphatic rings. The molecule has 1 aromatic heterocycles. The average Bonchev–Trinajstić information content (AvgIpc) is 2.08. The predicted molar refractivity (Wildman–Crippen MR) is 56.1 cm³/mol. The smallest absolute Gasteiger partial charge is 0.254 e. The summed E-state index contributed by atoms with van der Waals surface area (Å²) in [5.74, 6) is 0.420. The zero-order valence-corrected chi connectivity index (χ0v) is 8.85. The van der Waals surface area contributed by atoms with Gasteiger partial charge >= 0.3 is 0 Å². The summed E-state index contributed by atoms with van der Waals surface area (Å²) >= 11 is 0. The van der Waals surface area contributed by atoms with Crippen LogP contribution in [0.2, 0.25) is 0 Å². The molecule has 1 rings (SSSR count). The Morgan fingerprint density at radius 1 is 1.57 bits per heavy atom. The van der Waals surface area contributed by atoms with Crippen molar-refractivity contribution in [3.63, 3.8) is 0 Å². The van der Waals surface area contributed by atoms with E-state index >= 15 is 0 Å². The van der Waals surface area contributed by atoms with Crippen LogP contribution in [-0.4, -0.2) is 34.9 Å². The van der Waals surface area contributed by atoms with E-state index < -0.39 is 0 Å². The molecule has 0 N–H and O–H groups in total. The van der Waals surface area contributed by atoms with Gasteiger partial charge in [-0.3, -0.25) is 9.36 Å². The lowest BCUT2D eigenvalue weighted by Gasteiger charge is -2.05. The van der Waals surface area contributed by atoms with Crippen molar-refractivity contribution in [2.24, 2.45) is 12.0 Å². The molecule has 0 fully saturated rings. The van der Waals surface area contributed by atoms with E-state index in [-0.39, 0.29) is 5.56 Å². The maximum Gasteiger partial charge on any atom is 0.254 e. The van der Waals surface area contributed by atoms with Crippen molar-refractivity contribution in [3.8, 4) is 0 Å². The first-order valence-electron chi connectivity index (χ1n) is 4.26. The zero-order valence-electron chi connectivity index (χ0n) is 8.85. The van der Waals surface area contributed by atoms with Crippen molar-refractivity contribution < 1.29 is 0 Å². The Hall–Kier alpha value is -1.65. The number of rotatable bonds is 2. The second-order valence-electron chi connectivity index (χ2n) is 3.30. The Morgan fingerprint density at radius 2 is 2.21 bits per heavy atom. The standard InChI is InChI=1S/C9H14N4O/c1-7-5-8(14)13(4)9(11-7)10-6-12(2)3/h5-6H,1-4H3. The number of aliphatic imine (C=N–C) groups is 1. The Labute approximate surface area is 82.7 Å². The molecular formula is C9H14N4O. The van der Waals surface area contributed by atoms with E-state index in [1.165, 1.54) is 10.6 Å². The molecule has 0 unspecified atom stereocenters. The van der Waals surface area contributed by atoms with Crippen LogP contribution in [0.3, 0.4) is 0 Å². The number of aromatic nitrogens is 2. The number of hydrogen-bond acceptors (Lipinski definition) is 3. The van der Waals surface area contributed by atoms with E-state index in [0.717, 1.165) is 0 Å². The van der Waals surface area contributed by atoms with Gasteiger partial charge in [0.1, 0.15) is 0 Å². The molecular weight excluding hydrogens is 180 g/mol. The summed E-state index contributed by atoms with van der Waals surface area (Å²) in [7, 11) is 5.37.